The first-order chi connectivity index (χ1) is 10.0. The first-order valence-corrected chi connectivity index (χ1v) is 7.50. The minimum absolute atomic E-state index is 0.0616. The molecule has 21 heavy (non-hydrogen) atoms. The summed E-state index contributed by atoms with van der Waals surface area (Å²) in [6.45, 7) is 0. The average Bonchev–Trinajstić information content (AvgIpc) is 2.75. The van der Waals surface area contributed by atoms with E-state index in [1.807, 2.05) is 18.2 Å². The minimum Gasteiger partial charge on any atom is -0.478 e. The molecule has 0 radical (unpaired) electrons. The summed E-state index contributed by atoms with van der Waals surface area (Å²) >= 11 is 6.83. The van der Waals surface area contributed by atoms with Crippen LogP contribution in [0.15, 0.2) is 50.1 Å². The molecule has 0 aliphatic heterocycles. The lowest BCUT2D eigenvalue weighted by Gasteiger charge is -2.08. The Kier molecular flexibility index (Phi) is 3.46. The van der Waals surface area contributed by atoms with Crippen LogP contribution < -0.4 is 5.69 Å². The molecule has 0 atom stereocenters. The number of halogens is 2. The van der Waals surface area contributed by atoms with E-state index in [9.17, 15) is 14.7 Å². The van der Waals surface area contributed by atoms with Gasteiger partial charge in [0.25, 0.3) is 0 Å². The van der Waals surface area contributed by atoms with Gasteiger partial charge in [0.05, 0.1) is 22.3 Å². The number of fused-ring (bicyclic) bond motifs is 1. The van der Waals surface area contributed by atoms with Crippen LogP contribution in [0.4, 0.5) is 0 Å². The van der Waals surface area contributed by atoms with Gasteiger partial charge in [-0.2, -0.15) is 0 Å². The Balaban J connectivity index is 2.45. The fourth-order valence-electron chi connectivity index (χ4n) is 2.23. The van der Waals surface area contributed by atoms with Gasteiger partial charge >= 0.3 is 11.7 Å². The number of carboxylic acid groups (broad SMARTS) is 1. The summed E-state index contributed by atoms with van der Waals surface area (Å²) in [4.78, 5) is 26.2. The Morgan fingerprint density at radius 3 is 2.33 bits per heavy atom. The number of para-hydroxylation sites is 2. The van der Waals surface area contributed by atoms with Crippen molar-refractivity contribution in [1.82, 2.24) is 9.55 Å². The summed E-state index contributed by atoms with van der Waals surface area (Å²) in [5, 5.41) is 9.21. The van der Waals surface area contributed by atoms with Crippen LogP contribution in [0.1, 0.15) is 10.4 Å². The average molecular weight is 412 g/mol. The Morgan fingerprint density at radius 1 is 1.10 bits per heavy atom. The third-order valence-corrected chi connectivity index (χ3v) is 4.39. The molecule has 3 rings (SSSR count). The summed E-state index contributed by atoms with van der Waals surface area (Å²) < 4.78 is 2.89. The number of aromatic amines is 1. The van der Waals surface area contributed by atoms with Crippen LogP contribution in [0.25, 0.3) is 16.7 Å². The van der Waals surface area contributed by atoms with Crippen LogP contribution in [-0.4, -0.2) is 20.6 Å². The number of nitrogens with zero attached hydrogens (tertiary/aromatic N) is 1. The third kappa shape index (κ3) is 2.22. The van der Waals surface area contributed by atoms with Gasteiger partial charge < -0.3 is 10.1 Å². The lowest BCUT2D eigenvalue weighted by Crippen LogP contribution is -2.15. The van der Waals surface area contributed by atoms with E-state index in [1.54, 1.807) is 12.1 Å². The second-order valence-corrected chi connectivity index (χ2v) is 6.05. The molecule has 0 amide bonds. The van der Waals surface area contributed by atoms with Crippen LogP contribution in [0.5, 0.6) is 0 Å². The van der Waals surface area contributed by atoms with Gasteiger partial charge in [0, 0.05) is 8.95 Å². The molecule has 5 nitrogen and oxygen atoms in total. The second kappa shape index (κ2) is 5.16. The highest BCUT2D eigenvalue weighted by Gasteiger charge is 2.18. The zero-order valence-electron chi connectivity index (χ0n) is 10.4. The molecule has 0 aliphatic carbocycles. The number of H-pyrrole nitrogens is 1. The topological polar surface area (TPSA) is 75.1 Å². The van der Waals surface area contributed by atoms with Crippen molar-refractivity contribution in [3.8, 4) is 5.69 Å². The summed E-state index contributed by atoms with van der Waals surface area (Å²) in [6, 6.07) is 10.2. The Bertz CT molecular complexity index is 907. The molecule has 3 aromatic rings. The molecular formula is C14H8Br2N2O3. The minimum atomic E-state index is -1.08. The normalized spacial score (nSPS) is 11.0. The number of rotatable bonds is 2. The maximum absolute atomic E-state index is 12.3. The highest BCUT2D eigenvalue weighted by atomic mass is 79.9. The quantitative estimate of drug-likeness (QED) is 0.677. The molecule has 1 aromatic heterocycles. The lowest BCUT2D eigenvalue weighted by molar-refractivity contribution is 0.0699. The number of aromatic nitrogens is 2. The van der Waals surface area contributed by atoms with Crippen LogP contribution in [0.2, 0.25) is 0 Å². The maximum atomic E-state index is 12.3. The van der Waals surface area contributed by atoms with Crippen molar-refractivity contribution in [1.29, 1.82) is 0 Å². The molecule has 0 saturated heterocycles. The van der Waals surface area contributed by atoms with Crippen molar-refractivity contribution in [2.75, 3.05) is 0 Å². The highest BCUT2D eigenvalue weighted by molar-refractivity contribution is 9.11. The van der Waals surface area contributed by atoms with Gasteiger partial charge in [0.15, 0.2) is 0 Å². The Labute approximate surface area is 135 Å². The Morgan fingerprint density at radius 2 is 1.71 bits per heavy atom. The molecule has 0 saturated carbocycles. The van der Waals surface area contributed by atoms with Gasteiger partial charge in [-0.15, -0.1) is 0 Å². The smallest absolute Gasteiger partial charge is 0.337 e. The van der Waals surface area contributed by atoms with E-state index in [1.165, 1.54) is 10.6 Å². The largest absolute Gasteiger partial charge is 0.478 e. The van der Waals surface area contributed by atoms with Crippen LogP contribution in [0.3, 0.4) is 0 Å². The molecule has 0 aliphatic rings. The van der Waals surface area contributed by atoms with Crippen molar-refractivity contribution in [2.24, 2.45) is 0 Å². The SMILES string of the molecule is O=C(O)c1cccc2c1[nH]c(=O)n2-c1c(Br)cccc1Br. The zero-order valence-corrected chi connectivity index (χ0v) is 13.6. The van der Waals surface area contributed by atoms with E-state index in [0.29, 0.717) is 16.7 Å². The molecule has 0 fully saturated rings. The van der Waals surface area contributed by atoms with Crippen LogP contribution in [0, 0.1) is 0 Å². The van der Waals surface area contributed by atoms with E-state index >= 15 is 0 Å². The van der Waals surface area contributed by atoms with Gasteiger partial charge in [-0.05, 0) is 56.1 Å². The van der Waals surface area contributed by atoms with Gasteiger partial charge in [0.1, 0.15) is 0 Å². The fourth-order valence-corrected chi connectivity index (χ4v) is 3.59. The number of hydrogen-bond donors (Lipinski definition) is 2. The van der Waals surface area contributed by atoms with E-state index in [2.05, 4.69) is 36.8 Å². The second-order valence-electron chi connectivity index (χ2n) is 4.34. The molecule has 7 heteroatoms. The number of aromatic carboxylic acids is 1. The van der Waals surface area contributed by atoms with E-state index in [0.717, 1.165) is 8.95 Å². The summed E-state index contributed by atoms with van der Waals surface area (Å²) in [6.07, 6.45) is 0. The van der Waals surface area contributed by atoms with Crippen LogP contribution in [-0.2, 0) is 0 Å². The zero-order chi connectivity index (χ0) is 15.1. The molecule has 106 valence electrons. The number of benzene rings is 2. The number of carbonyl (C=O) groups is 1. The van der Waals surface area contributed by atoms with Gasteiger partial charge in [-0.3, -0.25) is 4.57 Å². The third-order valence-electron chi connectivity index (χ3n) is 3.11. The van der Waals surface area contributed by atoms with E-state index < -0.39 is 11.7 Å². The van der Waals surface area contributed by atoms with Crippen molar-refractivity contribution in [3.05, 3.63) is 61.4 Å². The predicted molar refractivity (Wildman–Crippen MR) is 86.3 cm³/mol. The lowest BCUT2D eigenvalue weighted by atomic mass is 10.2. The number of nitrogens with one attached hydrogen (secondary N) is 1. The summed E-state index contributed by atoms with van der Waals surface area (Å²) in [5.41, 5.74) is 1.10. The maximum Gasteiger partial charge on any atom is 0.337 e. The number of hydrogen-bond acceptors (Lipinski definition) is 2. The van der Waals surface area contributed by atoms with Crippen molar-refractivity contribution < 1.29 is 9.90 Å². The van der Waals surface area contributed by atoms with Gasteiger partial charge in [-0.1, -0.05) is 12.1 Å². The van der Waals surface area contributed by atoms with Gasteiger partial charge in [-0.25, -0.2) is 9.59 Å². The standard InChI is InChI=1S/C14H8Br2N2O3/c15-8-4-2-5-9(16)12(8)18-10-6-1-3-7(13(19)20)11(10)17-14(18)21/h1-6H,(H,17,21)(H,19,20). The van der Waals surface area contributed by atoms with Crippen LogP contribution >= 0.6 is 31.9 Å². The Hall–Kier alpha value is -1.86. The van der Waals surface area contributed by atoms with Gasteiger partial charge in [0.2, 0.25) is 0 Å². The fraction of sp³-hybridized carbons (Fsp3) is 0. The molecule has 0 unspecified atom stereocenters. The predicted octanol–water partition coefficient (Wildman–Crippen LogP) is 3.54. The monoisotopic (exact) mass is 410 g/mol. The molecule has 0 spiro atoms. The number of carboxylic acids is 1. The molecule has 2 N–H and O–H groups in total. The molecule has 0 bridgehead atoms. The molecule has 2 aromatic carbocycles. The van der Waals surface area contributed by atoms with Crippen molar-refractivity contribution >= 4 is 48.9 Å². The van der Waals surface area contributed by atoms with E-state index in [4.69, 9.17) is 0 Å². The summed E-state index contributed by atoms with van der Waals surface area (Å²) in [5.74, 6) is -1.08. The summed E-state index contributed by atoms with van der Waals surface area (Å²) in [7, 11) is 0. The van der Waals surface area contributed by atoms with Crippen molar-refractivity contribution in [2.45, 2.75) is 0 Å². The first-order valence-electron chi connectivity index (χ1n) is 5.92. The first kappa shape index (κ1) is 14.1. The van der Waals surface area contributed by atoms with Crippen molar-refractivity contribution in [3.63, 3.8) is 0 Å². The molecular weight excluding hydrogens is 404 g/mol. The van der Waals surface area contributed by atoms with E-state index in [-0.39, 0.29) is 5.56 Å². The molecule has 1 heterocycles. The highest BCUT2D eigenvalue weighted by Crippen LogP contribution is 2.30. The number of imidazole rings is 1.